The predicted molar refractivity (Wildman–Crippen MR) is 50.5 cm³/mol. The minimum atomic E-state index is -0.508. The summed E-state index contributed by atoms with van der Waals surface area (Å²) in [5.74, 6) is 0. The van der Waals surface area contributed by atoms with Crippen molar-refractivity contribution < 1.29 is 14.9 Å². The molecule has 1 rings (SSSR count). The van der Waals surface area contributed by atoms with Crippen molar-refractivity contribution in [1.29, 1.82) is 0 Å². The van der Waals surface area contributed by atoms with Gasteiger partial charge in [-0.05, 0) is 12.8 Å². The quantitative estimate of drug-likeness (QED) is 0.442. The van der Waals surface area contributed by atoms with Crippen LogP contribution in [0.5, 0.6) is 0 Å². The summed E-state index contributed by atoms with van der Waals surface area (Å²) in [4.78, 5) is 0. The number of rotatable bonds is 8. The molecular weight excluding hydrogens is 168 g/mol. The van der Waals surface area contributed by atoms with Gasteiger partial charge in [-0.15, -0.1) is 0 Å². The molecule has 2 atom stereocenters. The molecule has 0 aromatic carbocycles. The maximum absolute atomic E-state index is 9.04. The summed E-state index contributed by atoms with van der Waals surface area (Å²) in [5.41, 5.74) is 0. The van der Waals surface area contributed by atoms with Gasteiger partial charge in [0, 0.05) is 0 Å². The van der Waals surface area contributed by atoms with E-state index in [1.807, 2.05) is 0 Å². The minimum Gasteiger partial charge on any atom is -0.394 e. The lowest BCUT2D eigenvalue weighted by Gasteiger charge is -2.05. The van der Waals surface area contributed by atoms with Crippen molar-refractivity contribution in [1.82, 2.24) is 0 Å². The van der Waals surface area contributed by atoms with Crippen LogP contribution in [0.1, 0.15) is 38.5 Å². The number of hydrogen-bond acceptors (Lipinski definition) is 3. The first-order valence-electron chi connectivity index (χ1n) is 5.23. The fourth-order valence-electron chi connectivity index (χ4n) is 1.43. The number of ether oxygens (including phenoxy) is 1. The second-order valence-electron chi connectivity index (χ2n) is 3.78. The molecule has 0 aliphatic carbocycles. The van der Waals surface area contributed by atoms with Crippen molar-refractivity contribution in [3.63, 3.8) is 0 Å². The van der Waals surface area contributed by atoms with Crippen molar-refractivity contribution in [3.8, 4) is 0 Å². The van der Waals surface area contributed by atoms with Gasteiger partial charge in [-0.3, -0.25) is 0 Å². The lowest BCUT2D eigenvalue weighted by Crippen LogP contribution is -2.10. The average molecular weight is 188 g/mol. The Bertz CT molecular complexity index is 123. The first-order chi connectivity index (χ1) is 6.33. The monoisotopic (exact) mass is 188 g/mol. The molecule has 0 amide bonds. The zero-order valence-electron chi connectivity index (χ0n) is 8.11. The predicted octanol–water partition coefficient (Wildman–Crippen LogP) is 1.08. The van der Waals surface area contributed by atoms with Gasteiger partial charge in [0.1, 0.15) is 0 Å². The van der Waals surface area contributed by atoms with Gasteiger partial charge in [0.2, 0.25) is 0 Å². The van der Waals surface area contributed by atoms with Crippen LogP contribution in [0.3, 0.4) is 0 Å². The van der Waals surface area contributed by atoms with Gasteiger partial charge in [-0.1, -0.05) is 25.7 Å². The molecule has 0 spiro atoms. The van der Waals surface area contributed by atoms with Gasteiger partial charge in [0.25, 0.3) is 0 Å². The molecule has 13 heavy (non-hydrogen) atoms. The molecule has 3 heteroatoms. The molecule has 78 valence electrons. The Labute approximate surface area is 79.7 Å². The highest BCUT2D eigenvalue weighted by atomic mass is 16.6. The SMILES string of the molecule is OCC(O)CCCCCCC1CO1. The lowest BCUT2D eigenvalue weighted by atomic mass is 10.1. The summed E-state index contributed by atoms with van der Waals surface area (Å²) in [6.45, 7) is 0.860. The third kappa shape index (κ3) is 6.02. The number of epoxide rings is 1. The first-order valence-corrected chi connectivity index (χ1v) is 5.23. The third-order valence-corrected chi connectivity index (χ3v) is 2.43. The number of aliphatic hydroxyl groups excluding tert-OH is 2. The second kappa shape index (κ2) is 6.35. The molecule has 0 saturated carbocycles. The van der Waals surface area contributed by atoms with E-state index in [2.05, 4.69) is 0 Å². The molecule has 1 aliphatic heterocycles. The van der Waals surface area contributed by atoms with Gasteiger partial charge >= 0.3 is 0 Å². The zero-order chi connectivity index (χ0) is 9.52. The van der Waals surface area contributed by atoms with Crippen LogP contribution < -0.4 is 0 Å². The van der Waals surface area contributed by atoms with Crippen LogP contribution >= 0.6 is 0 Å². The Morgan fingerprint density at radius 2 is 1.92 bits per heavy atom. The first kappa shape index (κ1) is 11.0. The fraction of sp³-hybridized carbons (Fsp3) is 1.00. The van der Waals surface area contributed by atoms with Gasteiger partial charge in [0.15, 0.2) is 0 Å². The Hall–Kier alpha value is -0.120. The normalized spacial score (nSPS) is 23.1. The molecule has 1 saturated heterocycles. The van der Waals surface area contributed by atoms with E-state index in [0.717, 1.165) is 25.9 Å². The largest absolute Gasteiger partial charge is 0.394 e. The van der Waals surface area contributed by atoms with E-state index in [-0.39, 0.29) is 6.61 Å². The summed E-state index contributed by atoms with van der Waals surface area (Å²) >= 11 is 0. The van der Waals surface area contributed by atoms with Crippen molar-refractivity contribution in [3.05, 3.63) is 0 Å². The smallest absolute Gasteiger partial charge is 0.0810 e. The van der Waals surface area contributed by atoms with Crippen LogP contribution in [0.2, 0.25) is 0 Å². The highest BCUT2D eigenvalue weighted by molar-refractivity contribution is 4.68. The lowest BCUT2D eigenvalue weighted by molar-refractivity contribution is 0.0860. The topological polar surface area (TPSA) is 53.0 Å². The fourth-order valence-corrected chi connectivity index (χ4v) is 1.43. The molecular formula is C10H20O3. The van der Waals surface area contributed by atoms with Crippen LogP contribution in [0.25, 0.3) is 0 Å². The maximum Gasteiger partial charge on any atom is 0.0810 e. The highest BCUT2D eigenvalue weighted by Crippen LogP contribution is 2.17. The zero-order valence-corrected chi connectivity index (χ0v) is 8.11. The van der Waals surface area contributed by atoms with Gasteiger partial charge < -0.3 is 14.9 Å². The molecule has 1 heterocycles. The number of hydrogen-bond donors (Lipinski definition) is 2. The van der Waals surface area contributed by atoms with E-state index >= 15 is 0 Å². The van der Waals surface area contributed by atoms with Gasteiger partial charge in [-0.25, -0.2) is 0 Å². The second-order valence-corrected chi connectivity index (χ2v) is 3.78. The van der Waals surface area contributed by atoms with Crippen LogP contribution in [0.4, 0.5) is 0 Å². The molecule has 0 aromatic rings. The molecule has 2 unspecified atom stereocenters. The molecule has 0 aromatic heterocycles. The van der Waals surface area contributed by atoms with Crippen LogP contribution in [0.15, 0.2) is 0 Å². The molecule has 3 nitrogen and oxygen atoms in total. The summed E-state index contributed by atoms with van der Waals surface area (Å²) in [6.07, 6.45) is 6.61. The van der Waals surface area contributed by atoms with Crippen LogP contribution in [0, 0.1) is 0 Å². The molecule has 1 fully saturated rings. The summed E-state index contributed by atoms with van der Waals surface area (Å²) in [7, 11) is 0. The number of unbranched alkanes of at least 4 members (excludes halogenated alkanes) is 3. The van der Waals surface area contributed by atoms with Gasteiger partial charge in [-0.2, -0.15) is 0 Å². The van der Waals surface area contributed by atoms with E-state index < -0.39 is 6.10 Å². The Balaban J connectivity index is 1.72. The minimum absolute atomic E-state index is 0.101. The highest BCUT2D eigenvalue weighted by Gasteiger charge is 2.20. The molecule has 0 radical (unpaired) electrons. The summed E-state index contributed by atoms with van der Waals surface area (Å²) < 4.78 is 5.10. The van der Waals surface area contributed by atoms with Crippen LogP contribution in [-0.4, -0.2) is 35.6 Å². The van der Waals surface area contributed by atoms with Crippen molar-refractivity contribution in [2.24, 2.45) is 0 Å². The standard InChI is InChI=1S/C10H20O3/c11-7-9(12)5-3-1-2-4-6-10-8-13-10/h9-12H,1-8H2. The summed E-state index contributed by atoms with van der Waals surface area (Å²) in [5, 5.41) is 17.6. The Morgan fingerprint density at radius 3 is 2.54 bits per heavy atom. The third-order valence-electron chi connectivity index (χ3n) is 2.43. The Morgan fingerprint density at radius 1 is 1.23 bits per heavy atom. The van der Waals surface area contributed by atoms with Crippen molar-refractivity contribution in [2.75, 3.05) is 13.2 Å². The van der Waals surface area contributed by atoms with Crippen LogP contribution in [-0.2, 0) is 4.74 Å². The van der Waals surface area contributed by atoms with E-state index in [1.54, 1.807) is 0 Å². The maximum atomic E-state index is 9.04. The molecule has 2 N–H and O–H groups in total. The van der Waals surface area contributed by atoms with E-state index in [9.17, 15) is 0 Å². The summed E-state index contributed by atoms with van der Waals surface area (Å²) in [6, 6.07) is 0. The number of aliphatic hydroxyl groups is 2. The van der Waals surface area contributed by atoms with E-state index in [0.29, 0.717) is 6.10 Å². The van der Waals surface area contributed by atoms with E-state index in [4.69, 9.17) is 14.9 Å². The molecule has 0 bridgehead atoms. The average Bonchev–Trinajstić information content (AvgIpc) is 2.94. The van der Waals surface area contributed by atoms with E-state index in [1.165, 1.54) is 19.3 Å². The Kier molecular flexibility index (Phi) is 5.35. The van der Waals surface area contributed by atoms with Crippen molar-refractivity contribution in [2.45, 2.75) is 50.7 Å². The van der Waals surface area contributed by atoms with Crippen molar-refractivity contribution >= 4 is 0 Å². The molecule has 1 aliphatic rings. The van der Waals surface area contributed by atoms with Gasteiger partial charge in [0.05, 0.1) is 25.4 Å².